The number of ether oxygens (including phenoxy) is 4. The molecule has 5 atom stereocenters. The molecular weight excluding hydrogens is 1210 g/mol. The number of phosphoric ester groups is 2. The highest BCUT2D eigenvalue weighted by atomic mass is 31.2. The molecule has 0 bridgehead atoms. The molecule has 546 valence electrons. The first-order chi connectivity index (χ1) is 44.1. The molecule has 19 heteroatoms. The molecule has 0 aliphatic rings. The summed E-state index contributed by atoms with van der Waals surface area (Å²) >= 11 is 0. The van der Waals surface area contributed by atoms with Crippen molar-refractivity contribution in [1.82, 2.24) is 0 Å². The smallest absolute Gasteiger partial charge is 0.462 e. The minimum absolute atomic E-state index is 0.105. The normalized spacial score (nSPS) is 14.2. The summed E-state index contributed by atoms with van der Waals surface area (Å²) in [5.41, 5.74) is 0. The quantitative estimate of drug-likeness (QED) is 0.0222. The first-order valence-electron chi connectivity index (χ1n) is 37.7. The number of phosphoric acid groups is 2. The topological polar surface area (TPSA) is 237 Å². The Morgan fingerprint density at radius 3 is 0.674 bits per heavy atom. The highest BCUT2D eigenvalue weighted by molar-refractivity contribution is 7.47. The average molecular weight is 1350 g/mol. The highest BCUT2D eigenvalue weighted by Crippen LogP contribution is 2.45. The van der Waals surface area contributed by atoms with Crippen molar-refractivity contribution in [2.24, 2.45) is 23.7 Å². The lowest BCUT2D eigenvalue weighted by Crippen LogP contribution is -2.30. The number of hydrogen-bond donors (Lipinski definition) is 3. The predicted octanol–water partition coefficient (Wildman–Crippen LogP) is 20.9. The third-order valence-corrected chi connectivity index (χ3v) is 18.7. The van der Waals surface area contributed by atoms with Gasteiger partial charge in [-0.1, -0.05) is 312 Å². The zero-order valence-electron chi connectivity index (χ0n) is 60.2. The molecule has 3 unspecified atom stereocenters. The largest absolute Gasteiger partial charge is 0.472 e. The van der Waals surface area contributed by atoms with E-state index in [1.165, 1.54) is 161 Å². The number of carbonyl (C=O) groups excluding carboxylic acids is 4. The van der Waals surface area contributed by atoms with Crippen molar-refractivity contribution in [3.05, 3.63) is 0 Å². The molecule has 3 N–H and O–H groups in total. The van der Waals surface area contributed by atoms with Crippen molar-refractivity contribution >= 4 is 39.5 Å². The summed E-state index contributed by atoms with van der Waals surface area (Å²) in [5.74, 6) is 0.875. The van der Waals surface area contributed by atoms with Crippen LogP contribution < -0.4 is 0 Å². The predicted molar refractivity (Wildman–Crippen MR) is 372 cm³/mol. The molecule has 0 aromatic heterocycles. The Morgan fingerprint density at radius 1 is 0.272 bits per heavy atom. The molecular formula is C73H142O17P2. The first kappa shape index (κ1) is 90.1. The van der Waals surface area contributed by atoms with E-state index in [0.717, 1.165) is 114 Å². The summed E-state index contributed by atoms with van der Waals surface area (Å²) in [5, 5.41) is 10.6. The summed E-state index contributed by atoms with van der Waals surface area (Å²) in [6.45, 7) is 14.1. The van der Waals surface area contributed by atoms with E-state index in [-0.39, 0.29) is 25.7 Å². The van der Waals surface area contributed by atoms with Gasteiger partial charge in [0.15, 0.2) is 12.2 Å². The van der Waals surface area contributed by atoms with Gasteiger partial charge in [0, 0.05) is 25.7 Å². The third-order valence-electron chi connectivity index (χ3n) is 16.8. The van der Waals surface area contributed by atoms with Gasteiger partial charge in [-0.05, 0) is 49.4 Å². The van der Waals surface area contributed by atoms with Gasteiger partial charge in [-0.25, -0.2) is 9.13 Å². The SMILES string of the molecule is CC(C)CCCCCCCCCCCCCCCC(=O)O[C@H](COC(=O)CCCCCCCCCCCC(C)C)COP(=O)(O)OCC(O)COP(=O)(O)OC[C@@H](COC(=O)CCCCCCCCCC(C)C)OC(=O)CCCCCCCCCCCCCC(C)C. The van der Waals surface area contributed by atoms with Crippen LogP contribution in [0.5, 0.6) is 0 Å². The molecule has 0 amide bonds. The van der Waals surface area contributed by atoms with Gasteiger partial charge >= 0.3 is 39.5 Å². The zero-order valence-corrected chi connectivity index (χ0v) is 62.0. The molecule has 0 rings (SSSR count). The van der Waals surface area contributed by atoms with Crippen LogP contribution in [-0.4, -0.2) is 96.7 Å². The van der Waals surface area contributed by atoms with E-state index >= 15 is 0 Å². The van der Waals surface area contributed by atoms with Gasteiger partial charge in [0.1, 0.15) is 19.3 Å². The van der Waals surface area contributed by atoms with E-state index in [4.69, 9.17) is 37.0 Å². The van der Waals surface area contributed by atoms with Crippen LogP contribution in [0.3, 0.4) is 0 Å². The number of unbranched alkanes of at least 4 members (excludes halogenated alkanes) is 36. The molecule has 17 nitrogen and oxygen atoms in total. The van der Waals surface area contributed by atoms with E-state index in [9.17, 15) is 43.2 Å². The van der Waals surface area contributed by atoms with Crippen LogP contribution >= 0.6 is 15.6 Å². The number of aliphatic hydroxyl groups excluding tert-OH is 1. The first-order valence-corrected chi connectivity index (χ1v) is 40.7. The van der Waals surface area contributed by atoms with Crippen molar-refractivity contribution in [2.45, 2.75) is 382 Å². The lowest BCUT2D eigenvalue weighted by atomic mass is 10.0. The van der Waals surface area contributed by atoms with Gasteiger partial charge in [0.2, 0.25) is 0 Å². The molecule has 0 aliphatic heterocycles. The van der Waals surface area contributed by atoms with Crippen molar-refractivity contribution in [1.29, 1.82) is 0 Å². The number of rotatable bonds is 70. The molecule has 0 saturated carbocycles. The Balaban J connectivity index is 5.26. The number of hydrogen-bond acceptors (Lipinski definition) is 15. The van der Waals surface area contributed by atoms with E-state index < -0.39 is 97.5 Å². The molecule has 0 spiro atoms. The van der Waals surface area contributed by atoms with Crippen molar-refractivity contribution < 1.29 is 80.2 Å². The van der Waals surface area contributed by atoms with Crippen LogP contribution in [0.2, 0.25) is 0 Å². The maximum Gasteiger partial charge on any atom is 0.472 e. The average Bonchev–Trinajstić information content (AvgIpc) is 2.87. The van der Waals surface area contributed by atoms with Crippen LogP contribution in [0, 0.1) is 23.7 Å². The fourth-order valence-corrected chi connectivity index (χ4v) is 12.6. The van der Waals surface area contributed by atoms with Gasteiger partial charge in [-0.2, -0.15) is 0 Å². The van der Waals surface area contributed by atoms with Gasteiger partial charge in [-0.3, -0.25) is 37.3 Å². The summed E-state index contributed by atoms with van der Waals surface area (Å²) in [4.78, 5) is 72.7. The van der Waals surface area contributed by atoms with E-state index in [2.05, 4.69) is 55.4 Å². The van der Waals surface area contributed by atoms with Crippen LogP contribution in [0.15, 0.2) is 0 Å². The maximum atomic E-state index is 13.0. The molecule has 0 radical (unpaired) electrons. The minimum atomic E-state index is -4.95. The lowest BCUT2D eigenvalue weighted by molar-refractivity contribution is -0.161. The van der Waals surface area contributed by atoms with Crippen LogP contribution in [0.25, 0.3) is 0 Å². The van der Waals surface area contributed by atoms with Crippen molar-refractivity contribution in [2.75, 3.05) is 39.6 Å². The second-order valence-electron chi connectivity index (χ2n) is 28.2. The lowest BCUT2D eigenvalue weighted by Gasteiger charge is -2.21. The molecule has 92 heavy (non-hydrogen) atoms. The second-order valence-corrected chi connectivity index (χ2v) is 31.1. The zero-order chi connectivity index (χ0) is 68.2. The Bertz CT molecular complexity index is 1820. The Kier molecular flexibility index (Phi) is 61.3. The Hall–Kier alpha value is -1.94. The standard InChI is InChI=1S/C73H142O17P2/c1-63(2)49-41-33-25-18-13-10-9-11-15-21-30-39-47-55-72(77)89-68(59-83-70(75)53-45-37-29-23-17-20-27-35-43-51-65(5)6)61-87-91(79,80)85-57-67(74)58-86-92(81,82)88-62-69(60-84-71(76)54-46-38-32-24-28-36-44-52-66(7)8)90-73(78)56-48-40-31-22-16-12-14-19-26-34-42-50-64(3)4/h63-69,74H,9-62H2,1-8H3,(H,79,80)(H,81,82)/t67?,68-,69-/m1/s1. The van der Waals surface area contributed by atoms with E-state index in [0.29, 0.717) is 31.6 Å². The minimum Gasteiger partial charge on any atom is -0.462 e. The van der Waals surface area contributed by atoms with E-state index in [1.54, 1.807) is 0 Å². The van der Waals surface area contributed by atoms with Gasteiger partial charge in [-0.15, -0.1) is 0 Å². The number of aliphatic hydroxyl groups is 1. The molecule has 0 aromatic carbocycles. The number of carbonyl (C=O) groups is 4. The molecule has 0 saturated heterocycles. The number of esters is 4. The Morgan fingerprint density at radius 2 is 0.457 bits per heavy atom. The summed E-state index contributed by atoms with van der Waals surface area (Å²) in [6.07, 6.45) is 45.8. The molecule has 0 aliphatic carbocycles. The van der Waals surface area contributed by atoms with Crippen molar-refractivity contribution in [3.8, 4) is 0 Å². The highest BCUT2D eigenvalue weighted by Gasteiger charge is 2.30. The Labute approximate surface area is 562 Å². The van der Waals surface area contributed by atoms with Crippen LogP contribution in [0.4, 0.5) is 0 Å². The van der Waals surface area contributed by atoms with E-state index in [1.807, 2.05) is 0 Å². The maximum absolute atomic E-state index is 13.0. The van der Waals surface area contributed by atoms with Crippen LogP contribution in [0.1, 0.15) is 364 Å². The molecule has 0 aromatic rings. The summed E-state index contributed by atoms with van der Waals surface area (Å²) < 4.78 is 68.4. The third kappa shape index (κ3) is 66.7. The molecule has 0 heterocycles. The second kappa shape index (κ2) is 62.6. The van der Waals surface area contributed by atoms with Gasteiger partial charge in [0.25, 0.3) is 0 Å². The molecule has 0 fully saturated rings. The monoisotopic (exact) mass is 1350 g/mol. The summed E-state index contributed by atoms with van der Waals surface area (Å²) in [7, 11) is -9.91. The summed E-state index contributed by atoms with van der Waals surface area (Å²) in [6, 6.07) is 0. The van der Waals surface area contributed by atoms with Crippen LogP contribution in [-0.2, 0) is 65.4 Å². The fraction of sp³-hybridized carbons (Fsp3) is 0.945. The van der Waals surface area contributed by atoms with Crippen molar-refractivity contribution in [3.63, 3.8) is 0 Å². The van der Waals surface area contributed by atoms with Gasteiger partial charge in [0.05, 0.1) is 26.4 Å². The fourth-order valence-electron chi connectivity index (χ4n) is 11.0. The van der Waals surface area contributed by atoms with Gasteiger partial charge < -0.3 is 33.8 Å².